The van der Waals surface area contributed by atoms with Crippen LogP contribution in [0.25, 0.3) is 33.8 Å². The van der Waals surface area contributed by atoms with Crippen LogP contribution in [0.2, 0.25) is 0 Å². The van der Waals surface area contributed by atoms with Crippen molar-refractivity contribution in [1.82, 2.24) is 68.3 Å². The largest absolute Gasteiger partial charge is 0.454 e. The number of nitrogens with one attached hydrogen (secondary N) is 2. The van der Waals surface area contributed by atoms with Gasteiger partial charge in [0.1, 0.15) is 56.9 Å². The number of aromatic nitrogens is 14. The zero-order valence-electron chi connectivity index (χ0n) is 39.6. The highest BCUT2D eigenvalue weighted by Crippen LogP contribution is 2.41. The van der Waals surface area contributed by atoms with E-state index in [0.29, 0.717) is 45.7 Å². The fourth-order valence-corrected chi connectivity index (χ4v) is 7.57. The van der Waals surface area contributed by atoms with Gasteiger partial charge in [0, 0.05) is 58.3 Å². The number of fused-ring (bicyclic) bond motifs is 2. The van der Waals surface area contributed by atoms with Crippen LogP contribution in [0.15, 0.2) is 110 Å². The van der Waals surface area contributed by atoms with Crippen molar-refractivity contribution in [2.24, 2.45) is 21.1 Å². The second-order valence-electron chi connectivity index (χ2n) is 16.0. The Balaban J connectivity index is 0.000000182. The number of nitrogens with zero attached hydrogens (tertiary/aromatic N) is 14. The molecule has 0 aliphatic rings. The molecule has 0 bridgehead atoms. The van der Waals surface area contributed by atoms with Gasteiger partial charge in [-0.15, -0.1) is 0 Å². The van der Waals surface area contributed by atoms with Crippen LogP contribution in [0.4, 0.5) is 28.9 Å². The average Bonchev–Trinajstić information content (AvgIpc) is 4.23. The second kappa shape index (κ2) is 21.0. The lowest BCUT2D eigenvalue weighted by Gasteiger charge is -2.13. The van der Waals surface area contributed by atoms with E-state index in [1.165, 1.54) is 84.3 Å². The Morgan fingerprint density at radius 1 is 0.622 bits per heavy atom. The van der Waals surface area contributed by atoms with Gasteiger partial charge in [0.05, 0.1) is 60.4 Å². The maximum atomic E-state index is 13.2. The Hall–Kier alpha value is -9.66. The van der Waals surface area contributed by atoms with Crippen molar-refractivity contribution in [3.63, 3.8) is 0 Å². The number of hydrogen-bond acceptors (Lipinski definition) is 15. The van der Waals surface area contributed by atoms with Gasteiger partial charge in [-0.05, 0) is 62.4 Å². The molecular weight excluding hydrogens is 977 g/mol. The van der Waals surface area contributed by atoms with Crippen LogP contribution in [0.5, 0.6) is 34.5 Å². The highest BCUT2D eigenvalue weighted by atomic mass is 19.3. The number of anilines is 2. The van der Waals surface area contributed by atoms with E-state index in [1.54, 1.807) is 89.0 Å². The summed E-state index contributed by atoms with van der Waals surface area (Å²) in [6, 6.07) is 12.0. The van der Waals surface area contributed by atoms with Crippen molar-refractivity contribution in [2.75, 3.05) is 17.2 Å². The second-order valence-corrected chi connectivity index (χ2v) is 16.0. The third-order valence-corrected chi connectivity index (χ3v) is 10.7. The van der Waals surface area contributed by atoms with Gasteiger partial charge < -0.3 is 34.7 Å². The van der Waals surface area contributed by atoms with E-state index in [2.05, 4.69) is 51.2 Å². The molecular formula is C47H42F4N16O7. The standard InChI is InChI=1S/C24H22F2N8O4.C23H20F2N8O3/c1-14-20(13-33(30-14)8-9-35)37-15-4-5-19(38-24(25)26)16(10-15)21-18(12-32(2)31-21)29-23(36)17-11-28-34-7-3-6-27-22(17)34;1-13-19(12-32(3)29-13)35-14-5-6-18(36-23(24)25)15(9-14)20-17(11-31(2)30-20)28-22(34)16-10-27-33-8-4-7-26-21(16)33/h3-7,10-13,24,35H,8-9H2,1-2H3,(H,29,36);4-12,23H,1-3H3,(H,28,34). The van der Waals surface area contributed by atoms with Crippen LogP contribution in [-0.4, -0.2) is 105 Å². The van der Waals surface area contributed by atoms with E-state index in [9.17, 15) is 27.2 Å². The van der Waals surface area contributed by atoms with Crippen molar-refractivity contribution in [3.8, 4) is 57.0 Å². The Kier molecular flexibility index (Phi) is 14.0. The molecule has 10 rings (SSSR count). The van der Waals surface area contributed by atoms with Crippen LogP contribution < -0.4 is 29.6 Å². The molecule has 74 heavy (non-hydrogen) atoms. The number of carbonyl (C=O) groups excluding carboxylic acids is 2. The van der Waals surface area contributed by atoms with Gasteiger partial charge >= 0.3 is 13.2 Å². The molecule has 0 aliphatic carbocycles. The highest BCUT2D eigenvalue weighted by molar-refractivity contribution is 6.10. The van der Waals surface area contributed by atoms with Crippen LogP contribution >= 0.6 is 0 Å². The summed E-state index contributed by atoms with van der Waals surface area (Å²) in [6.45, 7) is -2.44. The summed E-state index contributed by atoms with van der Waals surface area (Å²) in [5.41, 5.74) is 3.66. The summed E-state index contributed by atoms with van der Waals surface area (Å²) >= 11 is 0. The fraction of sp³-hybridized carbons (Fsp3) is 0.191. The molecule has 10 aromatic rings. The molecule has 8 aromatic heterocycles. The Morgan fingerprint density at radius 2 is 1.08 bits per heavy atom. The van der Waals surface area contributed by atoms with Gasteiger partial charge in [-0.1, -0.05) is 0 Å². The lowest BCUT2D eigenvalue weighted by molar-refractivity contribution is -0.0501. The number of carbonyl (C=O) groups is 2. The lowest BCUT2D eigenvalue weighted by atomic mass is 10.1. The summed E-state index contributed by atoms with van der Waals surface area (Å²) in [5.74, 6) is 0.263. The Bertz CT molecular complexity index is 3660. The number of hydrogen-bond donors (Lipinski definition) is 3. The number of aliphatic hydroxyl groups excluding tert-OH is 1. The fourth-order valence-electron chi connectivity index (χ4n) is 7.57. The summed E-state index contributed by atoms with van der Waals surface area (Å²) in [6.07, 6.45) is 15.6. The monoisotopic (exact) mass is 1020 g/mol. The maximum Gasteiger partial charge on any atom is 0.387 e. The summed E-state index contributed by atoms with van der Waals surface area (Å²) in [5, 5.41) is 40.2. The molecule has 0 saturated heterocycles. The minimum Gasteiger partial charge on any atom is -0.454 e. The van der Waals surface area contributed by atoms with Crippen LogP contribution in [0, 0.1) is 13.8 Å². The van der Waals surface area contributed by atoms with Crippen LogP contribution in [-0.2, 0) is 27.7 Å². The van der Waals surface area contributed by atoms with Gasteiger partial charge in [-0.2, -0.15) is 48.2 Å². The minimum atomic E-state index is -3.09. The summed E-state index contributed by atoms with van der Waals surface area (Å²) in [7, 11) is 5.03. The normalized spacial score (nSPS) is 11.3. The summed E-state index contributed by atoms with van der Waals surface area (Å²) < 4.78 is 83.2. The molecule has 0 radical (unpaired) electrons. The van der Waals surface area contributed by atoms with E-state index >= 15 is 0 Å². The Morgan fingerprint density at radius 3 is 1.53 bits per heavy atom. The van der Waals surface area contributed by atoms with Gasteiger partial charge in [0.25, 0.3) is 11.8 Å². The van der Waals surface area contributed by atoms with Crippen LogP contribution in [0.1, 0.15) is 32.1 Å². The van der Waals surface area contributed by atoms with Crippen molar-refractivity contribution >= 4 is 34.5 Å². The van der Waals surface area contributed by atoms with E-state index in [-0.39, 0.29) is 69.7 Å². The van der Waals surface area contributed by atoms with Crippen LogP contribution in [0.3, 0.4) is 0 Å². The molecule has 0 aliphatic heterocycles. The molecule has 2 amide bonds. The zero-order valence-corrected chi connectivity index (χ0v) is 39.6. The van der Waals surface area contributed by atoms with Gasteiger partial charge in [0.2, 0.25) is 0 Å². The number of aliphatic hydroxyl groups is 1. The first-order valence-corrected chi connectivity index (χ1v) is 22.1. The zero-order chi connectivity index (χ0) is 52.2. The van der Waals surface area contributed by atoms with Gasteiger partial charge in [-0.3, -0.25) is 28.3 Å². The van der Waals surface area contributed by atoms with Crippen molar-refractivity contribution < 1.29 is 51.2 Å². The Labute approximate surface area is 415 Å². The molecule has 8 heterocycles. The van der Waals surface area contributed by atoms with E-state index < -0.39 is 25.0 Å². The lowest BCUT2D eigenvalue weighted by Crippen LogP contribution is -2.12. The van der Waals surface area contributed by atoms with Crippen molar-refractivity contribution in [2.45, 2.75) is 33.6 Å². The van der Waals surface area contributed by atoms with Gasteiger partial charge in [-0.25, -0.2) is 19.0 Å². The van der Waals surface area contributed by atoms with E-state index in [1.807, 2.05) is 0 Å². The predicted molar refractivity (Wildman–Crippen MR) is 255 cm³/mol. The molecule has 0 spiro atoms. The molecule has 0 saturated carbocycles. The van der Waals surface area contributed by atoms with E-state index in [4.69, 9.17) is 24.1 Å². The third-order valence-electron chi connectivity index (χ3n) is 10.7. The molecule has 0 atom stereocenters. The molecule has 0 unspecified atom stereocenters. The first kappa shape index (κ1) is 49.3. The smallest absolute Gasteiger partial charge is 0.387 e. The molecule has 380 valence electrons. The SMILES string of the molecule is Cc1nn(C)cc1Oc1ccc(OC(F)F)c(-c2nn(C)cc2NC(=O)c2cnn3cccnc23)c1.Cc1nn(CCO)cc1Oc1ccc(OC(F)F)c(-c2nn(C)cc2NC(=O)c2cnn3cccnc23)c1. The molecule has 2 aromatic carbocycles. The number of amides is 2. The molecule has 23 nitrogen and oxygen atoms in total. The molecule has 0 fully saturated rings. The number of aryl methyl sites for hydroxylation is 5. The maximum absolute atomic E-state index is 13.2. The van der Waals surface area contributed by atoms with Gasteiger partial charge in [0.15, 0.2) is 22.8 Å². The third kappa shape index (κ3) is 10.8. The molecule has 27 heteroatoms. The average molecular weight is 1020 g/mol. The quantitative estimate of drug-likeness (QED) is 0.0818. The summed E-state index contributed by atoms with van der Waals surface area (Å²) in [4.78, 5) is 34.5. The number of ether oxygens (including phenoxy) is 4. The topological polar surface area (TPSA) is 247 Å². The number of rotatable bonds is 16. The first-order valence-electron chi connectivity index (χ1n) is 22.1. The highest BCUT2D eigenvalue weighted by Gasteiger charge is 2.25. The van der Waals surface area contributed by atoms with Crippen molar-refractivity contribution in [1.29, 1.82) is 0 Å². The van der Waals surface area contributed by atoms with Crippen molar-refractivity contribution in [3.05, 3.63) is 133 Å². The first-order chi connectivity index (χ1) is 35.6. The van der Waals surface area contributed by atoms with E-state index in [0.717, 1.165) is 0 Å². The number of alkyl halides is 4. The molecule has 3 N–H and O–H groups in total. The minimum absolute atomic E-state index is 0.0934. The number of halogens is 4. The predicted octanol–water partition coefficient (Wildman–Crippen LogP) is 7.09. The number of benzene rings is 2.